The van der Waals surface area contributed by atoms with E-state index in [1.54, 1.807) is 12.1 Å². The Bertz CT molecular complexity index is 1010. The summed E-state index contributed by atoms with van der Waals surface area (Å²) in [5, 5.41) is 3.81. The van der Waals surface area contributed by atoms with Crippen molar-refractivity contribution in [2.75, 3.05) is 12.3 Å². The normalized spacial score (nSPS) is 16.1. The molecule has 0 saturated carbocycles. The largest absolute Gasteiger partial charge is 0.397 e. The van der Waals surface area contributed by atoms with E-state index >= 15 is 0 Å². The van der Waals surface area contributed by atoms with Crippen LogP contribution in [0.3, 0.4) is 0 Å². The van der Waals surface area contributed by atoms with Gasteiger partial charge in [-0.25, -0.2) is 9.37 Å². The van der Waals surface area contributed by atoms with Crippen molar-refractivity contribution in [1.82, 2.24) is 10.3 Å². The van der Waals surface area contributed by atoms with Crippen molar-refractivity contribution in [3.05, 3.63) is 57.8 Å². The van der Waals surface area contributed by atoms with Gasteiger partial charge in [-0.3, -0.25) is 4.79 Å². The Balaban J connectivity index is 1.49. The highest BCUT2D eigenvalue weighted by atomic mass is 32.1. The molecule has 146 valence electrons. The van der Waals surface area contributed by atoms with Gasteiger partial charge in [-0.05, 0) is 60.9 Å². The minimum atomic E-state index is -0.258. The maximum absolute atomic E-state index is 13.0. The number of anilines is 1. The first-order chi connectivity index (χ1) is 13.5. The van der Waals surface area contributed by atoms with E-state index in [1.165, 1.54) is 41.9 Å². The molecule has 1 atom stereocenters. The standard InChI is InChI=1S/C22H24FN3OS/c1-2-13-5-8-18-15(11-13)12-17-19(24)20(28-22(17)26-18)21(27)25-10-9-14-3-6-16(23)7-4-14/h3-4,6-7,12-13H,2,5,8-11,24H2,1H3,(H,25,27)/t13-/m0/s1. The number of carbonyl (C=O) groups is 1. The number of pyridine rings is 1. The Morgan fingerprint density at radius 2 is 2.14 bits per heavy atom. The van der Waals surface area contributed by atoms with Crippen LogP contribution in [0.2, 0.25) is 0 Å². The lowest BCUT2D eigenvalue weighted by Gasteiger charge is -2.22. The number of aromatic nitrogens is 1. The van der Waals surface area contributed by atoms with Crippen molar-refractivity contribution in [2.24, 2.45) is 5.92 Å². The number of nitrogens with one attached hydrogen (secondary N) is 1. The molecule has 1 amide bonds. The van der Waals surface area contributed by atoms with Crippen LogP contribution in [0.4, 0.5) is 10.1 Å². The molecular formula is C22H24FN3OS. The molecule has 1 aliphatic rings. The van der Waals surface area contributed by atoms with E-state index in [2.05, 4.69) is 18.3 Å². The highest BCUT2D eigenvalue weighted by molar-refractivity contribution is 7.21. The third-order valence-electron chi connectivity index (χ3n) is 5.58. The lowest BCUT2D eigenvalue weighted by molar-refractivity contribution is 0.0959. The average Bonchev–Trinajstić information content (AvgIpc) is 3.03. The highest BCUT2D eigenvalue weighted by Crippen LogP contribution is 2.36. The van der Waals surface area contributed by atoms with Crippen molar-refractivity contribution in [2.45, 2.75) is 39.0 Å². The highest BCUT2D eigenvalue weighted by Gasteiger charge is 2.23. The van der Waals surface area contributed by atoms with Gasteiger partial charge in [0.15, 0.2) is 0 Å². The van der Waals surface area contributed by atoms with Crippen molar-refractivity contribution in [3.63, 3.8) is 0 Å². The third-order valence-corrected chi connectivity index (χ3v) is 6.70. The Kier molecular flexibility index (Phi) is 5.31. The zero-order valence-corrected chi connectivity index (χ0v) is 16.7. The van der Waals surface area contributed by atoms with Gasteiger partial charge in [0.2, 0.25) is 0 Å². The minimum absolute atomic E-state index is 0.174. The van der Waals surface area contributed by atoms with Gasteiger partial charge in [0, 0.05) is 17.6 Å². The summed E-state index contributed by atoms with van der Waals surface area (Å²) >= 11 is 1.36. The summed E-state index contributed by atoms with van der Waals surface area (Å²) in [6.45, 7) is 2.70. The van der Waals surface area contributed by atoms with Crippen molar-refractivity contribution in [3.8, 4) is 0 Å². The molecule has 6 heteroatoms. The maximum Gasteiger partial charge on any atom is 0.263 e. The number of amides is 1. The molecule has 3 N–H and O–H groups in total. The number of nitrogens with two attached hydrogens (primary N) is 1. The minimum Gasteiger partial charge on any atom is -0.397 e. The van der Waals surface area contributed by atoms with Crippen LogP contribution in [-0.2, 0) is 19.3 Å². The average molecular weight is 398 g/mol. The second-order valence-corrected chi connectivity index (χ2v) is 8.44. The van der Waals surface area contributed by atoms with Crippen LogP contribution in [0.15, 0.2) is 30.3 Å². The van der Waals surface area contributed by atoms with E-state index < -0.39 is 0 Å². The van der Waals surface area contributed by atoms with E-state index in [-0.39, 0.29) is 11.7 Å². The molecular weight excluding hydrogens is 373 g/mol. The predicted molar refractivity (Wildman–Crippen MR) is 112 cm³/mol. The van der Waals surface area contributed by atoms with Gasteiger partial charge in [0.05, 0.1) is 5.69 Å². The summed E-state index contributed by atoms with van der Waals surface area (Å²) in [6, 6.07) is 8.45. The van der Waals surface area contributed by atoms with Gasteiger partial charge in [0.25, 0.3) is 5.91 Å². The fraction of sp³-hybridized carbons (Fsp3) is 0.364. The fourth-order valence-corrected chi connectivity index (χ4v) is 4.85. The molecule has 0 radical (unpaired) electrons. The second-order valence-electron chi connectivity index (χ2n) is 7.44. The number of thiophene rings is 1. The SMILES string of the molecule is CC[C@H]1CCc2nc3sc(C(=O)NCCc4ccc(F)cc4)c(N)c3cc2C1. The Labute approximate surface area is 168 Å². The topological polar surface area (TPSA) is 68.0 Å². The first-order valence-electron chi connectivity index (χ1n) is 9.78. The molecule has 4 nitrogen and oxygen atoms in total. The molecule has 4 rings (SSSR count). The van der Waals surface area contributed by atoms with Gasteiger partial charge in [-0.15, -0.1) is 11.3 Å². The smallest absolute Gasteiger partial charge is 0.263 e. The van der Waals surface area contributed by atoms with Gasteiger partial charge in [-0.2, -0.15) is 0 Å². The number of nitrogen functional groups attached to an aromatic ring is 1. The van der Waals surface area contributed by atoms with Crippen LogP contribution >= 0.6 is 11.3 Å². The van der Waals surface area contributed by atoms with Crippen molar-refractivity contribution >= 4 is 33.1 Å². The molecule has 1 aromatic carbocycles. The fourth-order valence-electron chi connectivity index (χ4n) is 3.83. The molecule has 28 heavy (non-hydrogen) atoms. The number of carbonyl (C=O) groups excluding carboxylic acids is 1. The number of fused-ring (bicyclic) bond motifs is 2. The number of aryl methyl sites for hydroxylation is 1. The Morgan fingerprint density at radius 3 is 2.89 bits per heavy atom. The van der Waals surface area contributed by atoms with Crippen LogP contribution in [0.5, 0.6) is 0 Å². The molecule has 0 fully saturated rings. The summed E-state index contributed by atoms with van der Waals surface area (Å²) in [7, 11) is 0. The summed E-state index contributed by atoms with van der Waals surface area (Å²) in [4.78, 5) is 18.8. The molecule has 1 aliphatic carbocycles. The monoisotopic (exact) mass is 397 g/mol. The molecule has 0 spiro atoms. The van der Waals surface area contributed by atoms with Gasteiger partial charge < -0.3 is 11.1 Å². The van der Waals surface area contributed by atoms with Crippen molar-refractivity contribution < 1.29 is 9.18 Å². The van der Waals surface area contributed by atoms with Crippen LogP contribution < -0.4 is 11.1 Å². The van der Waals surface area contributed by atoms with E-state index in [1.807, 2.05) is 0 Å². The van der Waals surface area contributed by atoms with E-state index in [0.717, 1.165) is 34.3 Å². The van der Waals surface area contributed by atoms with Gasteiger partial charge in [0.1, 0.15) is 15.5 Å². The summed E-state index contributed by atoms with van der Waals surface area (Å²) in [6.07, 6.45) is 5.05. The summed E-state index contributed by atoms with van der Waals surface area (Å²) in [5.41, 5.74) is 10.2. The molecule has 0 unspecified atom stereocenters. The van der Waals surface area contributed by atoms with E-state index in [0.29, 0.717) is 29.4 Å². The molecule has 2 heterocycles. The molecule has 3 aromatic rings. The zero-order chi connectivity index (χ0) is 19.7. The maximum atomic E-state index is 13.0. The molecule has 0 bridgehead atoms. The van der Waals surface area contributed by atoms with Crippen LogP contribution in [-0.4, -0.2) is 17.4 Å². The second kappa shape index (κ2) is 7.87. The van der Waals surface area contributed by atoms with Crippen LogP contribution in [0.25, 0.3) is 10.2 Å². The lowest BCUT2D eigenvalue weighted by Crippen LogP contribution is -2.25. The lowest BCUT2D eigenvalue weighted by atomic mass is 9.85. The Morgan fingerprint density at radius 1 is 1.36 bits per heavy atom. The van der Waals surface area contributed by atoms with Gasteiger partial charge >= 0.3 is 0 Å². The third kappa shape index (κ3) is 3.74. The van der Waals surface area contributed by atoms with Gasteiger partial charge in [-0.1, -0.05) is 25.5 Å². The number of hydrogen-bond donors (Lipinski definition) is 2. The first-order valence-corrected chi connectivity index (χ1v) is 10.6. The van der Waals surface area contributed by atoms with Crippen LogP contribution in [0, 0.1) is 11.7 Å². The zero-order valence-electron chi connectivity index (χ0n) is 15.9. The number of nitrogens with zero attached hydrogens (tertiary/aromatic N) is 1. The summed E-state index contributed by atoms with van der Waals surface area (Å²) < 4.78 is 13.0. The van der Waals surface area contributed by atoms with Crippen molar-refractivity contribution in [1.29, 1.82) is 0 Å². The predicted octanol–water partition coefficient (Wildman–Crippen LogP) is 4.51. The van der Waals surface area contributed by atoms with E-state index in [4.69, 9.17) is 10.7 Å². The van der Waals surface area contributed by atoms with E-state index in [9.17, 15) is 9.18 Å². The number of halogens is 1. The summed E-state index contributed by atoms with van der Waals surface area (Å²) in [5.74, 6) is 0.277. The Hall–Kier alpha value is -2.47. The quantitative estimate of drug-likeness (QED) is 0.666. The molecule has 0 saturated heterocycles. The number of hydrogen-bond acceptors (Lipinski definition) is 4. The van der Waals surface area contributed by atoms with Crippen LogP contribution in [0.1, 0.15) is 46.3 Å². The molecule has 2 aromatic heterocycles. The molecule has 0 aliphatic heterocycles. The number of rotatable bonds is 5. The number of benzene rings is 1. The first kappa shape index (κ1) is 18.9.